The van der Waals surface area contributed by atoms with Crippen LogP contribution in [-0.4, -0.2) is 24.1 Å². The predicted molar refractivity (Wildman–Crippen MR) is 120 cm³/mol. The summed E-state index contributed by atoms with van der Waals surface area (Å²) in [5.41, 5.74) is 7.04. The highest BCUT2D eigenvalue weighted by Crippen LogP contribution is 2.20. The molecular formula is C24H25N3O4. The lowest BCUT2D eigenvalue weighted by atomic mass is 10.1. The van der Waals surface area contributed by atoms with Crippen molar-refractivity contribution in [2.24, 2.45) is 5.10 Å². The van der Waals surface area contributed by atoms with Crippen LogP contribution >= 0.6 is 0 Å². The minimum Gasteiger partial charge on any atom is -0.483 e. The molecule has 0 saturated carbocycles. The second-order valence-corrected chi connectivity index (χ2v) is 7.14. The number of nitrogens with zero attached hydrogens (tertiary/aromatic N) is 1. The van der Waals surface area contributed by atoms with Gasteiger partial charge in [0.15, 0.2) is 6.61 Å². The van der Waals surface area contributed by atoms with Crippen LogP contribution in [0.15, 0.2) is 64.3 Å². The standard InChI is InChI=1S/C24H25N3O4/c1-15-7-5-10-22(16(15)2)31-14-23(28)27-26-17(3)19-8-6-9-20(13-19)25-24(29)21-11-12-30-18(21)4/h5-13H,14H2,1-4H3,(H,25,29)(H,27,28). The topological polar surface area (TPSA) is 92.9 Å². The largest absolute Gasteiger partial charge is 0.483 e. The van der Waals surface area contributed by atoms with Gasteiger partial charge in [-0.2, -0.15) is 5.10 Å². The Balaban J connectivity index is 1.59. The third-order valence-corrected chi connectivity index (χ3v) is 4.90. The minimum atomic E-state index is -0.361. The molecule has 0 aliphatic rings. The van der Waals surface area contributed by atoms with Gasteiger partial charge in [0.1, 0.15) is 11.5 Å². The molecule has 3 rings (SSSR count). The van der Waals surface area contributed by atoms with Gasteiger partial charge in [0, 0.05) is 5.69 Å². The maximum atomic E-state index is 12.4. The molecule has 2 aromatic carbocycles. The number of anilines is 1. The van der Waals surface area contributed by atoms with E-state index in [0.717, 1.165) is 16.7 Å². The van der Waals surface area contributed by atoms with Crippen LogP contribution in [0.1, 0.15) is 39.7 Å². The first-order valence-electron chi connectivity index (χ1n) is 9.83. The van der Waals surface area contributed by atoms with Gasteiger partial charge in [-0.3, -0.25) is 9.59 Å². The number of aryl methyl sites for hydroxylation is 2. The number of amides is 2. The van der Waals surface area contributed by atoms with Crippen molar-refractivity contribution in [3.8, 4) is 5.75 Å². The number of hydrazone groups is 1. The molecule has 7 heteroatoms. The van der Waals surface area contributed by atoms with Crippen molar-refractivity contribution in [3.63, 3.8) is 0 Å². The number of carbonyl (C=O) groups is 2. The fraction of sp³-hybridized carbons (Fsp3) is 0.208. The van der Waals surface area contributed by atoms with Gasteiger partial charge in [0.2, 0.25) is 0 Å². The van der Waals surface area contributed by atoms with E-state index in [1.165, 1.54) is 6.26 Å². The zero-order valence-corrected chi connectivity index (χ0v) is 18.0. The van der Waals surface area contributed by atoms with Crippen molar-refractivity contribution in [2.45, 2.75) is 27.7 Å². The van der Waals surface area contributed by atoms with Gasteiger partial charge in [-0.05, 0) is 68.7 Å². The molecule has 0 unspecified atom stereocenters. The number of benzene rings is 2. The fourth-order valence-electron chi connectivity index (χ4n) is 2.91. The van der Waals surface area contributed by atoms with Gasteiger partial charge in [0.05, 0.1) is 17.5 Å². The van der Waals surface area contributed by atoms with Gasteiger partial charge < -0.3 is 14.5 Å². The Morgan fingerprint density at radius 1 is 1.06 bits per heavy atom. The molecule has 0 aliphatic heterocycles. The third kappa shape index (κ3) is 5.60. The number of furan rings is 1. The highest BCUT2D eigenvalue weighted by Gasteiger charge is 2.12. The Kier molecular flexibility index (Phi) is 6.87. The van der Waals surface area contributed by atoms with Crippen molar-refractivity contribution in [1.82, 2.24) is 5.43 Å². The van der Waals surface area contributed by atoms with Crippen LogP contribution in [0.5, 0.6) is 5.75 Å². The lowest BCUT2D eigenvalue weighted by molar-refractivity contribution is -0.123. The summed E-state index contributed by atoms with van der Waals surface area (Å²) in [6.45, 7) is 7.30. The minimum absolute atomic E-state index is 0.138. The molecule has 160 valence electrons. The van der Waals surface area contributed by atoms with Crippen molar-refractivity contribution in [1.29, 1.82) is 0 Å². The maximum Gasteiger partial charge on any atom is 0.277 e. The van der Waals surface area contributed by atoms with Gasteiger partial charge in [-0.25, -0.2) is 5.43 Å². The summed E-state index contributed by atoms with van der Waals surface area (Å²) >= 11 is 0. The summed E-state index contributed by atoms with van der Waals surface area (Å²) in [5, 5.41) is 6.97. The van der Waals surface area contributed by atoms with Gasteiger partial charge >= 0.3 is 0 Å². The molecule has 0 radical (unpaired) electrons. The Hall–Kier alpha value is -3.87. The molecule has 1 aromatic heterocycles. The summed E-state index contributed by atoms with van der Waals surface area (Å²) in [6, 6.07) is 14.5. The molecule has 31 heavy (non-hydrogen) atoms. The van der Waals surface area contributed by atoms with E-state index in [4.69, 9.17) is 9.15 Å². The fourth-order valence-corrected chi connectivity index (χ4v) is 2.91. The Bertz CT molecular complexity index is 1130. The number of nitrogens with one attached hydrogen (secondary N) is 2. The summed E-state index contributed by atoms with van der Waals surface area (Å²) < 4.78 is 10.8. The second-order valence-electron chi connectivity index (χ2n) is 7.14. The Labute approximate surface area is 181 Å². The zero-order valence-electron chi connectivity index (χ0n) is 18.0. The normalized spacial score (nSPS) is 11.2. The maximum absolute atomic E-state index is 12.4. The van der Waals surface area contributed by atoms with Crippen LogP contribution in [0.4, 0.5) is 5.69 Å². The molecule has 2 N–H and O–H groups in total. The molecule has 1 heterocycles. The highest BCUT2D eigenvalue weighted by molar-refractivity contribution is 6.06. The highest BCUT2D eigenvalue weighted by atomic mass is 16.5. The van der Waals surface area contributed by atoms with Crippen LogP contribution in [0, 0.1) is 20.8 Å². The molecule has 0 saturated heterocycles. The molecule has 0 atom stereocenters. The predicted octanol–water partition coefficient (Wildman–Crippen LogP) is 4.38. The summed E-state index contributed by atoms with van der Waals surface area (Å²) in [6.07, 6.45) is 1.48. The first-order chi connectivity index (χ1) is 14.8. The van der Waals surface area contributed by atoms with Gasteiger partial charge in [-0.15, -0.1) is 0 Å². The lowest BCUT2D eigenvalue weighted by Gasteiger charge is -2.10. The number of hydrogen-bond acceptors (Lipinski definition) is 5. The van der Waals surface area contributed by atoms with E-state index in [9.17, 15) is 9.59 Å². The van der Waals surface area contributed by atoms with E-state index in [1.54, 1.807) is 38.1 Å². The van der Waals surface area contributed by atoms with E-state index in [2.05, 4.69) is 15.8 Å². The lowest BCUT2D eigenvalue weighted by Crippen LogP contribution is -2.25. The summed E-state index contributed by atoms with van der Waals surface area (Å²) in [5.74, 6) is 0.611. The van der Waals surface area contributed by atoms with E-state index in [1.807, 2.05) is 38.1 Å². The molecule has 0 bridgehead atoms. The quantitative estimate of drug-likeness (QED) is 0.439. The molecule has 0 fully saturated rings. The van der Waals surface area contributed by atoms with Gasteiger partial charge in [0.25, 0.3) is 11.8 Å². The number of ether oxygens (including phenoxy) is 1. The first-order valence-corrected chi connectivity index (χ1v) is 9.83. The second kappa shape index (κ2) is 9.75. The Morgan fingerprint density at radius 3 is 2.58 bits per heavy atom. The molecule has 0 spiro atoms. The van der Waals surface area contributed by atoms with Crippen LogP contribution < -0.4 is 15.5 Å². The monoisotopic (exact) mass is 419 g/mol. The summed E-state index contributed by atoms with van der Waals surface area (Å²) in [7, 11) is 0. The van der Waals surface area contributed by atoms with Crippen molar-refractivity contribution in [2.75, 3.05) is 11.9 Å². The smallest absolute Gasteiger partial charge is 0.277 e. The van der Waals surface area contributed by atoms with Crippen molar-refractivity contribution >= 4 is 23.2 Å². The molecule has 2 amide bonds. The number of hydrogen-bond donors (Lipinski definition) is 2. The number of rotatable bonds is 7. The first kappa shape index (κ1) is 21.8. The molecule has 7 nitrogen and oxygen atoms in total. The SMILES string of the molecule is CC(=NNC(=O)COc1cccc(C)c1C)c1cccc(NC(=O)c2ccoc2C)c1. The van der Waals surface area contributed by atoms with E-state index >= 15 is 0 Å². The van der Waals surface area contributed by atoms with Crippen molar-refractivity contribution < 1.29 is 18.7 Å². The van der Waals surface area contributed by atoms with E-state index < -0.39 is 0 Å². The van der Waals surface area contributed by atoms with Gasteiger partial charge in [-0.1, -0.05) is 24.3 Å². The third-order valence-electron chi connectivity index (χ3n) is 4.90. The summed E-state index contributed by atoms with van der Waals surface area (Å²) in [4.78, 5) is 24.5. The van der Waals surface area contributed by atoms with E-state index in [-0.39, 0.29) is 18.4 Å². The van der Waals surface area contributed by atoms with Crippen LogP contribution in [0.3, 0.4) is 0 Å². The van der Waals surface area contributed by atoms with E-state index in [0.29, 0.717) is 28.5 Å². The molecule has 0 aliphatic carbocycles. The number of carbonyl (C=O) groups excluding carboxylic acids is 2. The van der Waals surface area contributed by atoms with Crippen molar-refractivity contribution in [3.05, 3.63) is 82.8 Å². The average Bonchev–Trinajstić information content (AvgIpc) is 3.19. The average molecular weight is 419 g/mol. The molecule has 3 aromatic rings. The van der Waals surface area contributed by atoms with Crippen LogP contribution in [0.2, 0.25) is 0 Å². The van der Waals surface area contributed by atoms with Crippen LogP contribution in [0.25, 0.3) is 0 Å². The zero-order chi connectivity index (χ0) is 22.4. The molecular weight excluding hydrogens is 394 g/mol. The van der Waals surface area contributed by atoms with Crippen LogP contribution in [-0.2, 0) is 4.79 Å². The Morgan fingerprint density at radius 2 is 1.84 bits per heavy atom.